The van der Waals surface area contributed by atoms with E-state index in [0.717, 1.165) is 0 Å². The summed E-state index contributed by atoms with van der Waals surface area (Å²) in [5.41, 5.74) is 9.70. The minimum atomic E-state index is -0.224. The third-order valence-corrected chi connectivity index (χ3v) is 2.64. The van der Waals surface area contributed by atoms with Crippen LogP contribution in [0.3, 0.4) is 0 Å². The van der Waals surface area contributed by atoms with Crippen LogP contribution in [0, 0.1) is 13.8 Å². The number of hydrogen-bond acceptors (Lipinski definition) is 2. The van der Waals surface area contributed by atoms with E-state index < -0.39 is 0 Å². The third-order valence-electron chi connectivity index (χ3n) is 2.64. The molecule has 1 heterocycles. The Labute approximate surface area is 78.7 Å². The molecule has 2 rings (SSSR count). The molecule has 70 valence electrons. The molecule has 0 spiro atoms. The van der Waals surface area contributed by atoms with Crippen molar-refractivity contribution in [2.75, 3.05) is 13.2 Å². The highest BCUT2D eigenvalue weighted by Crippen LogP contribution is 2.29. The SMILES string of the molecule is Cc1ccc(C2(N)COC2)c(C)c1. The van der Waals surface area contributed by atoms with Gasteiger partial charge in [0.25, 0.3) is 0 Å². The molecule has 13 heavy (non-hydrogen) atoms. The van der Waals surface area contributed by atoms with Gasteiger partial charge in [0.15, 0.2) is 0 Å². The summed E-state index contributed by atoms with van der Waals surface area (Å²) in [6, 6.07) is 6.39. The minimum Gasteiger partial charge on any atom is -0.377 e. The first-order chi connectivity index (χ1) is 6.12. The molecule has 0 radical (unpaired) electrons. The number of aryl methyl sites for hydroxylation is 2. The quantitative estimate of drug-likeness (QED) is 0.705. The summed E-state index contributed by atoms with van der Waals surface area (Å²) >= 11 is 0. The van der Waals surface area contributed by atoms with Gasteiger partial charge in [0.1, 0.15) is 0 Å². The molecule has 2 nitrogen and oxygen atoms in total. The van der Waals surface area contributed by atoms with E-state index in [1.807, 2.05) is 0 Å². The molecule has 1 aliphatic heterocycles. The molecule has 1 saturated heterocycles. The zero-order valence-electron chi connectivity index (χ0n) is 8.13. The van der Waals surface area contributed by atoms with Gasteiger partial charge in [-0.1, -0.05) is 23.8 Å². The van der Waals surface area contributed by atoms with Crippen molar-refractivity contribution >= 4 is 0 Å². The normalized spacial score (nSPS) is 19.6. The summed E-state index contributed by atoms with van der Waals surface area (Å²) < 4.78 is 5.15. The zero-order valence-corrected chi connectivity index (χ0v) is 8.13. The van der Waals surface area contributed by atoms with Crippen LogP contribution in [0.25, 0.3) is 0 Å². The van der Waals surface area contributed by atoms with Crippen LogP contribution in [0.15, 0.2) is 18.2 Å². The maximum Gasteiger partial charge on any atom is 0.0886 e. The molecule has 0 bridgehead atoms. The smallest absolute Gasteiger partial charge is 0.0886 e. The molecule has 0 atom stereocenters. The van der Waals surface area contributed by atoms with Crippen LogP contribution in [-0.2, 0) is 10.3 Å². The van der Waals surface area contributed by atoms with Gasteiger partial charge in [-0.2, -0.15) is 0 Å². The summed E-state index contributed by atoms with van der Waals surface area (Å²) in [6.45, 7) is 5.50. The van der Waals surface area contributed by atoms with Gasteiger partial charge in [-0.25, -0.2) is 0 Å². The van der Waals surface area contributed by atoms with Crippen molar-refractivity contribution in [1.82, 2.24) is 0 Å². The minimum absolute atomic E-state index is 0.224. The lowest BCUT2D eigenvalue weighted by molar-refractivity contribution is -0.0572. The lowest BCUT2D eigenvalue weighted by atomic mass is 9.85. The summed E-state index contributed by atoms with van der Waals surface area (Å²) in [5.74, 6) is 0. The molecule has 1 aliphatic rings. The molecule has 1 aromatic carbocycles. The first-order valence-corrected chi connectivity index (χ1v) is 4.56. The molecule has 1 aromatic rings. The fourth-order valence-electron chi connectivity index (χ4n) is 1.85. The molecule has 0 amide bonds. The maximum atomic E-state index is 6.15. The Kier molecular flexibility index (Phi) is 1.90. The van der Waals surface area contributed by atoms with Crippen molar-refractivity contribution in [2.24, 2.45) is 5.73 Å². The van der Waals surface area contributed by atoms with Crippen molar-refractivity contribution < 1.29 is 4.74 Å². The summed E-state index contributed by atoms with van der Waals surface area (Å²) in [5, 5.41) is 0. The summed E-state index contributed by atoms with van der Waals surface area (Å²) in [4.78, 5) is 0. The Balaban J connectivity index is 2.40. The van der Waals surface area contributed by atoms with E-state index in [-0.39, 0.29) is 5.54 Å². The monoisotopic (exact) mass is 177 g/mol. The average molecular weight is 177 g/mol. The van der Waals surface area contributed by atoms with Crippen LogP contribution >= 0.6 is 0 Å². The topological polar surface area (TPSA) is 35.2 Å². The van der Waals surface area contributed by atoms with Crippen molar-refractivity contribution in [3.8, 4) is 0 Å². The third kappa shape index (κ3) is 1.36. The number of hydrogen-bond donors (Lipinski definition) is 1. The predicted molar refractivity (Wildman–Crippen MR) is 52.6 cm³/mol. The molecule has 2 heteroatoms. The lowest BCUT2D eigenvalue weighted by Gasteiger charge is -2.39. The van der Waals surface area contributed by atoms with Gasteiger partial charge < -0.3 is 10.5 Å². The highest BCUT2D eigenvalue weighted by Gasteiger charge is 2.36. The Bertz CT molecular complexity index is 329. The largest absolute Gasteiger partial charge is 0.377 e. The number of nitrogens with two attached hydrogens (primary N) is 1. The summed E-state index contributed by atoms with van der Waals surface area (Å²) in [6.07, 6.45) is 0. The maximum absolute atomic E-state index is 6.15. The number of benzene rings is 1. The molecule has 0 aliphatic carbocycles. The Morgan fingerprint density at radius 3 is 2.46 bits per heavy atom. The van der Waals surface area contributed by atoms with Gasteiger partial charge in [-0.15, -0.1) is 0 Å². The van der Waals surface area contributed by atoms with E-state index in [1.54, 1.807) is 0 Å². The van der Waals surface area contributed by atoms with E-state index in [9.17, 15) is 0 Å². The second-order valence-electron chi connectivity index (χ2n) is 3.97. The van der Waals surface area contributed by atoms with Crippen LogP contribution in [0.2, 0.25) is 0 Å². The van der Waals surface area contributed by atoms with Crippen molar-refractivity contribution in [1.29, 1.82) is 0 Å². The number of ether oxygens (including phenoxy) is 1. The van der Waals surface area contributed by atoms with Crippen LogP contribution in [0.1, 0.15) is 16.7 Å². The fraction of sp³-hybridized carbons (Fsp3) is 0.455. The lowest BCUT2D eigenvalue weighted by Crippen LogP contribution is -2.54. The molecule has 0 unspecified atom stereocenters. The first kappa shape index (κ1) is 8.73. The van der Waals surface area contributed by atoms with Crippen LogP contribution < -0.4 is 5.73 Å². The van der Waals surface area contributed by atoms with Gasteiger partial charge in [0, 0.05) is 0 Å². The van der Waals surface area contributed by atoms with Gasteiger partial charge in [-0.3, -0.25) is 0 Å². The van der Waals surface area contributed by atoms with E-state index in [1.165, 1.54) is 16.7 Å². The van der Waals surface area contributed by atoms with Crippen LogP contribution in [-0.4, -0.2) is 13.2 Å². The van der Waals surface area contributed by atoms with Crippen LogP contribution in [0.5, 0.6) is 0 Å². The zero-order chi connectivity index (χ0) is 9.47. The van der Waals surface area contributed by atoms with E-state index in [0.29, 0.717) is 13.2 Å². The van der Waals surface area contributed by atoms with Crippen molar-refractivity contribution in [2.45, 2.75) is 19.4 Å². The Morgan fingerprint density at radius 1 is 1.31 bits per heavy atom. The van der Waals surface area contributed by atoms with E-state index in [4.69, 9.17) is 10.5 Å². The fourth-order valence-corrected chi connectivity index (χ4v) is 1.85. The van der Waals surface area contributed by atoms with Gasteiger partial charge in [0.05, 0.1) is 18.8 Å². The van der Waals surface area contributed by atoms with Crippen molar-refractivity contribution in [3.05, 3.63) is 34.9 Å². The second-order valence-corrected chi connectivity index (χ2v) is 3.97. The molecule has 0 aromatic heterocycles. The van der Waals surface area contributed by atoms with Crippen molar-refractivity contribution in [3.63, 3.8) is 0 Å². The highest BCUT2D eigenvalue weighted by molar-refractivity contribution is 5.37. The average Bonchev–Trinajstić information content (AvgIpc) is 2.00. The molecule has 2 N–H and O–H groups in total. The molecular formula is C11H15NO. The molecular weight excluding hydrogens is 162 g/mol. The predicted octanol–water partition coefficient (Wildman–Crippen LogP) is 1.49. The highest BCUT2D eigenvalue weighted by atomic mass is 16.5. The summed E-state index contributed by atoms with van der Waals surface area (Å²) in [7, 11) is 0. The van der Waals surface area contributed by atoms with Gasteiger partial charge in [0.2, 0.25) is 0 Å². The van der Waals surface area contributed by atoms with Gasteiger partial charge in [-0.05, 0) is 25.0 Å². The van der Waals surface area contributed by atoms with Crippen LogP contribution in [0.4, 0.5) is 0 Å². The van der Waals surface area contributed by atoms with E-state index >= 15 is 0 Å². The molecule has 1 fully saturated rings. The van der Waals surface area contributed by atoms with Gasteiger partial charge >= 0.3 is 0 Å². The Morgan fingerprint density at radius 2 is 2.00 bits per heavy atom. The van der Waals surface area contributed by atoms with E-state index in [2.05, 4.69) is 32.0 Å². The number of rotatable bonds is 1. The standard InChI is InChI=1S/C11H15NO/c1-8-3-4-10(9(2)5-8)11(12)6-13-7-11/h3-5H,6-7,12H2,1-2H3. The Hall–Kier alpha value is -0.860. The first-order valence-electron chi connectivity index (χ1n) is 4.56. The second kappa shape index (κ2) is 2.82. The molecule has 0 saturated carbocycles.